The van der Waals surface area contributed by atoms with Gasteiger partial charge in [-0.3, -0.25) is 4.79 Å². The second kappa shape index (κ2) is 8.79. The number of aliphatic carboxylic acids is 1. The molecule has 4 rings (SSSR count). The number of hydrogen-bond donors (Lipinski definition) is 2. The number of nitrogens with zero attached hydrogens (tertiary/aromatic N) is 1. The topological polar surface area (TPSA) is 95.9 Å². The molecule has 7 heteroatoms. The molecule has 0 bridgehead atoms. The molecule has 2 amide bonds. The van der Waals surface area contributed by atoms with Crippen molar-refractivity contribution in [3.63, 3.8) is 0 Å². The first kappa shape index (κ1) is 20.9. The Hall–Kier alpha value is -3.35. The van der Waals surface area contributed by atoms with Crippen LogP contribution in [0.4, 0.5) is 4.79 Å². The van der Waals surface area contributed by atoms with E-state index in [4.69, 9.17) is 9.84 Å². The molecular formula is C24H26N2O5. The van der Waals surface area contributed by atoms with E-state index < -0.39 is 24.1 Å². The van der Waals surface area contributed by atoms with Gasteiger partial charge < -0.3 is 20.1 Å². The van der Waals surface area contributed by atoms with Gasteiger partial charge in [0.05, 0.1) is 0 Å². The maximum atomic E-state index is 12.4. The monoisotopic (exact) mass is 422 g/mol. The third-order valence-electron chi connectivity index (χ3n) is 6.20. The van der Waals surface area contributed by atoms with E-state index in [0.717, 1.165) is 22.3 Å². The summed E-state index contributed by atoms with van der Waals surface area (Å²) in [4.78, 5) is 37.3. The number of amides is 2. The van der Waals surface area contributed by atoms with Gasteiger partial charge in [-0.25, -0.2) is 9.59 Å². The zero-order valence-corrected chi connectivity index (χ0v) is 17.4. The minimum absolute atomic E-state index is 0.0303. The Morgan fingerprint density at radius 2 is 1.71 bits per heavy atom. The summed E-state index contributed by atoms with van der Waals surface area (Å²) in [5, 5.41) is 11.9. The Balaban J connectivity index is 1.35. The molecule has 1 aliphatic carbocycles. The van der Waals surface area contributed by atoms with E-state index in [1.165, 1.54) is 4.90 Å². The van der Waals surface area contributed by atoms with E-state index in [9.17, 15) is 14.4 Å². The second-order valence-electron chi connectivity index (χ2n) is 8.01. The Bertz CT molecular complexity index is 959. The number of nitrogens with one attached hydrogen (secondary N) is 1. The van der Waals surface area contributed by atoms with Gasteiger partial charge in [0.2, 0.25) is 5.91 Å². The molecular weight excluding hydrogens is 396 g/mol. The van der Waals surface area contributed by atoms with Crippen LogP contribution in [0.2, 0.25) is 0 Å². The maximum Gasteiger partial charge on any atom is 0.407 e. The first-order valence-electron chi connectivity index (χ1n) is 10.6. The summed E-state index contributed by atoms with van der Waals surface area (Å²) in [5.41, 5.74) is 4.59. The van der Waals surface area contributed by atoms with Crippen LogP contribution in [0.1, 0.15) is 43.2 Å². The number of fused-ring (bicyclic) bond motifs is 3. The van der Waals surface area contributed by atoms with Crippen molar-refractivity contribution in [2.24, 2.45) is 0 Å². The van der Waals surface area contributed by atoms with Gasteiger partial charge in [0.25, 0.3) is 0 Å². The van der Waals surface area contributed by atoms with Crippen molar-refractivity contribution in [2.75, 3.05) is 13.2 Å². The van der Waals surface area contributed by atoms with E-state index in [1.807, 2.05) is 31.2 Å². The van der Waals surface area contributed by atoms with E-state index in [2.05, 4.69) is 29.6 Å². The number of carboxylic acid groups (broad SMARTS) is 1. The number of likely N-dealkylation sites (tertiary alicyclic amines) is 1. The summed E-state index contributed by atoms with van der Waals surface area (Å²) in [6, 6.07) is 15.1. The van der Waals surface area contributed by atoms with Gasteiger partial charge in [-0.2, -0.15) is 0 Å². The minimum Gasteiger partial charge on any atom is -0.480 e. The van der Waals surface area contributed by atoms with Crippen molar-refractivity contribution in [1.29, 1.82) is 0 Å². The van der Waals surface area contributed by atoms with Crippen LogP contribution < -0.4 is 5.32 Å². The number of alkyl carbamates (subject to hydrolysis) is 1. The first-order valence-corrected chi connectivity index (χ1v) is 10.6. The van der Waals surface area contributed by atoms with Crippen LogP contribution in [-0.2, 0) is 14.3 Å². The molecule has 1 aliphatic heterocycles. The number of carbonyl (C=O) groups is 3. The quantitative estimate of drug-likeness (QED) is 0.713. The lowest BCUT2D eigenvalue weighted by Gasteiger charge is -2.38. The molecule has 0 saturated carbocycles. The van der Waals surface area contributed by atoms with Gasteiger partial charge in [-0.15, -0.1) is 0 Å². The van der Waals surface area contributed by atoms with Crippen molar-refractivity contribution in [3.8, 4) is 11.1 Å². The Labute approximate surface area is 181 Å². The molecule has 0 spiro atoms. The Morgan fingerprint density at radius 1 is 1.10 bits per heavy atom. The third-order valence-corrected chi connectivity index (χ3v) is 6.20. The van der Waals surface area contributed by atoms with Crippen molar-refractivity contribution in [3.05, 3.63) is 59.7 Å². The van der Waals surface area contributed by atoms with Gasteiger partial charge in [0.1, 0.15) is 12.6 Å². The first-order chi connectivity index (χ1) is 15.0. The molecule has 7 nitrogen and oxygen atoms in total. The van der Waals surface area contributed by atoms with Gasteiger partial charge in [-0.05, 0) is 35.1 Å². The largest absolute Gasteiger partial charge is 0.480 e. The summed E-state index contributed by atoms with van der Waals surface area (Å²) >= 11 is 0. The fourth-order valence-electron chi connectivity index (χ4n) is 4.37. The van der Waals surface area contributed by atoms with E-state index in [-0.39, 0.29) is 24.9 Å². The third kappa shape index (κ3) is 4.13. The number of rotatable bonds is 7. The highest BCUT2D eigenvalue weighted by atomic mass is 16.5. The summed E-state index contributed by atoms with van der Waals surface area (Å²) in [5.74, 6) is -1.28. The van der Waals surface area contributed by atoms with Crippen LogP contribution in [-0.4, -0.2) is 53.2 Å². The molecule has 1 unspecified atom stereocenters. The number of hydrogen-bond acceptors (Lipinski definition) is 4. The highest BCUT2D eigenvalue weighted by Crippen LogP contribution is 2.44. The number of carboxylic acids is 1. The molecule has 2 aliphatic rings. The molecule has 0 radical (unpaired) electrons. The molecule has 0 aromatic heterocycles. The van der Waals surface area contributed by atoms with Gasteiger partial charge >= 0.3 is 12.1 Å². The standard InChI is InChI=1S/C24H26N2O5/c1-2-15(13-22(27)26-12-11-21(26)23(28)29)25-24(30)31-14-20-18-9-5-3-7-16(18)17-8-4-6-10-19(17)20/h3-10,15,20-21H,2,11-14H2,1H3,(H,25,30)(H,28,29)/t15-,21?/m0/s1. The average Bonchev–Trinajstić information content (AvgIpc) is 3.04. The lowest BCUT2D eigenvalue weighted by Crippen LogP contribution is -2.56. The van der Waals surface area contributed by atoms with E-state index in [0.29, 0.717) is 19.4 Å². The molecule has 1 fully saturated rings. The van der Waals surface area contributed by atoms with Crippen molar-refractivity contribution >= 4 is 18.0 Å². The molecule has 2 atom stereocenters. The summed E-state index contributed by atoms with van der Waals surface area (Å²) in [6.07, 6.45) is 0.504. The predicted octanol–water partition coefficient (Wildman–Crippen LogP) is 3.38. The van der Waals surface area contributed by atoms with Crippen molar-refractivity contribution in [1.82, 2.24) is 10.2 Å². The molecule has 2 aromatic rings. The van der Waals surface area contributed by atoms with Crippen LogP contribution in [0.3, 0.4) is 0 Å². The zero-order valence-electron chi connectivity index (χ0n) is 17.4. The molecule has 1 heterocycles. The Morgan fingerprint density at radius 3 is 2.23 bits per heavy atom. The van der Waals surface area contributed by atoms with E-state index >= 15 is 0 Å². The molecule has 31 heavy (non-hydrogen) atoms. The van der Waals surface area contributed by atoms with Gasteiger partial charge in [0.15, 0.2) is 0 Å². The highest BCUT2D eigenvalue weighted by molar-refractivity contribution is 5.86. The SMILES string of the molecule is CC[C@@H](CC(=O)N1CCC1C(=O)O)NC(=O)OCC1c2ccccc2-c2ccccc21. The number of benzene rings is 2. The van der Waals surface area contributed by atoms with Crippen molar-refractivity contribution < 1.29 is 24.2 Å². The van der Waals surface area contributed by atoms with Gasteiger partial charge in [0, 0.05) is 24.9 Å². The lowest BCUT2D eigenvalue weighted by atomic mass is 9.98. The second-order valence-corrected chi connectivity index (χ2v) is 8.01. The smallest absolute Gasteiger partial charge is 0.407 e. The average molecular weight is 422 g/mol. The van der Waals surface area contributed by atoms with Crippen LogP contribution in [0, 0.1) is 0 Å². The minimum atomic E-state index is -0.989. The molecule has 1 saturated heterocycles. The summed E-state index contributed by atoms with van der Waals surface area (Å²) in [6.45, 7) is 2.51. The highest BCUT2D eigenvalue weighted by Gasteiger charge is 2.38. The molecule has 162 valence electrons. The Kier molecular flexibility index (Phi) is 5.93. The van der Waals surface area contributed by atoms with Crippen LogP contribution >= 0.6 is 0 Å². The predicted molar refractivity (Wildman–Crippen MR) is 115 cm³/mol. The number of ether oxygens (including phenoxy) is 1. The molecule has 2 aromatic carbocycles. The van der Waals surface area contributed by atoms with Crippen LogP contribution in [0.5, 0.6) is 0 Å². The van der Waals surface area contributed by atoms with Crippen LogP contribution in [0.25, 0.3) is 11.1 Å². The fraction of sp³-hybridized carbons (Fsp3) is 0.375. The van der Waals surface area contributed by atoms with Gasteiger partial charge in [-0.1, -0.05) is 55.5 Å². The number of carbonyl (C=O) groups excluding carboxylic acids is 2. The fourth-order valence-corrected chi connectivity index (χ4v) is 4.37. The molecule has 2 N–H and O–H groups in total. The van der Waals surface area contributed by atoms with E-state index in [1.54, 1.807) is 0 Å². The zero-order chi connectivity index (χ0) is 22.0. The normalized spacial score (nSPS) is 17.8. The van der Waals surface area contributed by atoms with Crippen LogP contribution in [0.15, 0.2) is 48.5 Å². The maximum absolute atomic E-state index is 12.4. The van der Waals surface area contributed by atoms with Crippen molar-refractivity contribution in [2.45, 2.75) is 44.2 Å². The lowest BCUT2D eigenvalue weighted by molar-refractivity contribution is -0.157. The summed E-state index contributed by atoms with van der Waals surface area (Å²) < 4.78 is 5.54. The summed E-state index contributed by atoms with van der Waals surface area (Å²) in [7, 11) is 0.